The van der Waals surface area contributed by atoms with Crippen molar-refractivity contribution in [2.45, 2.75) is 16.0 Å². The minimum Gasteiger partial charge on any atom is -0.394 e. The van der Waals surface area contributed by atoms with Crippen molar-refractivity contribution in [2.24, 2.45) is 0 Å². The van der Waals surface area contributed by atoms with Crippen molar-refractivity contribution in [3.63, 3.8) is 0 Å². The van der Waals surface area contributed by atoms with E-state index >= 15 is 0 Å². The van der Waals surface area contributed by atoms with Crippen molar-refractivity contribution >= 4 is 23.1 Å². The molecule has 1 unspecified atom stereocenters. The summed E-state index contributed by atoms with van der Waals surface area (Å²) in [6.45, 7) is -0.101. The molecule has 2 rings (SSSR count). The van der Waals surface area contributed by atoms with Crippen molar-refractivity contribution in [1.29, 1.82) is 0 Å². The van der Waals surface area contributed by atoms with Crippen LogP contribution in [0.2, 0.25) is 0 Å². The van der Waals surface area contributed by atoms with Crippen molar-refractivity contribution in [3.8, 4) is 0 Å². The number of aliphatic hydroxyl groups excluding tert-OH is 2. The predicted molar refractivity (Wildman–Crippen MR) is 83.0 cm³/mol. The number of rotatable bonds is 7. The molecule has 22 heavy (non-hydrogen) atoms. The molecule has 0 aliphatic carbocycles. The number of nitrogens with zero attached hydrogens (tertiary/aromatic N) is 2. The fourth-order valence-corrected chi connectivity index (χ4v) is 2.60. The number of nitrogens with one attached hydrogen (secondary N) is 1. The van der Waals surface area contributed by atoms with E-state index in [1.54, 1.807) is 18.2 Å². The molecule has 7 nitrogen and oxygen atoms in total. The second-order valence-corrected chi connectivity index (χ2v) is 5.49. The van der Waals surface area contributed by atoms with Gasteiger partial charge in [-0.2, -0.15) is 0 Å². The summed E-state index contributed by atoms with van der Waals surface area (Å²) >= 11 is 1.19. The molecule has 0 radical (unpaired) electrons. The second-order valence-electron chi connectivity index (χ2n) is 4.43. The van der Waals surface area contributed by atoms with E-state index in [1.165, 1.54) is 30.1 Å². The van der Waals surface area contributed by atoms with Gasteiger partial charge in [-0.15, -0.1) is 0 Å². The quantitative estimate of drug-likeness (QED) is 0.528. The Hall–Kier alpha value is -2.16. The Labute approximate surface area is 131 Å². The van der Waals surface area contributed by atoms with Crippen LogP contribution in [-0.4, -0.2) is 39.4 Å². The second kappa shape index (κ2) is 7.74. The van der Waals surface area contributed by atoms with E-state index in [9.17, 15) is 15.2 Å². The zero-order valence-electron chi connectivity index (χ0n) is 11.5. The third-order valence-electron chi connectivity index (χ3n) is 2.75. The van der Waals surface area contributed by atoms with Crippen molar-refractivity contribution in [3.05, 3.63) is 52.7 Å². The highest BCUT2D eigenvalue weighted by Gasteiger charge is 2.15. The Bertz CT molecular complexity index is 653. The lowest BCUT2D eigenvalue weighted by Gasteiger charge is -2.11. The Morgan fingerprint density at radius 1 is 1.36 bits per heavy atom. The number of aromatic nitrogens is 1. The van der Waals surface area contributed by atoms with Gasteiger partial charge in [-0.25, -0.2) is 4.98 Å². The number of nitro groups is 1. The molecule has 0 saturated heterocycles. The first-order valence-electron chi connectivity index (χ1n) is 6.50. The van der Waals surface area contributed by atoms with Crippen LogP contribution in [0.25, 0.3) is 0 Å². The van der Waals surface area contributed by atoms with Crippen molar-refractivity contribution in [1.82, 2.24) is 4.98 Å². The topological polar surface area (TPSA) is 109 Å². The molecule has 3 N–H and O–H groups in total. The number of pyridine rings is 1. The van der Waals surface area contributed by atoms with Crippen LogP contribution in [0.1, 0.15) is 0 Å². The Morgan fingerprint density at radius 3 is 2.91 bits per heavy atom. The van der Waals surface area contributed by atoms with Gasteiger partial charge in [-0.1, -0.05) is 17.8 Å². The van der Waals surface area contributed by atoms with Gasteiger partial charge in [-0.05, 0) is 24.3 Å². The fourth-order valence-electron chi connectivity index (χ4n) is 1.68. The molecule has 1 aromatic carbocycles. The lowest BCUT2D eigenvalue weighted by atomic mass is 10.3. The van der Waals surface area contributed by atoms with Gasteiger partial charge in [-0.3, -0.25) is 10.1 Å². The number of hydrogen-bond donors (Lipinski definition) is 3. The molecule has 8 heteroatoms. The maximum absolute atomic E-state index is 11.0. The first-order valence-corrected chi connectivity index (χ1v) is 7.32. The van der Waals surface area contributed by atoms with Crippen LogP contribution < -0.4 is 5.32 Å². The van der Waals surface area contributed by atoms with Crippen LogP contribution in [0.4, 0.5) is 11.4 Å². The van der Waals surface area contributed by atoms with Crippen LogP contribution >= 0.6 is 11.8 Å². The lowest BCUT2D eigenvalue weighted by molar-refractivity contribution is -0.388. The molecular weight excluding hydrogens is 306 g/mol. The standard InChI is InChI=1S/C14H15N3O4S/c18-9-11(19)8-16-10-3-1-4-12(7-10)22-14-13(17(20)21)5-2-6-15-14/h1-7,11,16,18-19H,8-9H2. The summed E-state index contributed by atoms with van der Waals surface area (Å²) in [6, 6.07) is 10.2. The molecule has 0 aliphatic heterocycles. The van der Waals surface area contributed by atoms with Crippen molar-refractivity contribution in [2.75, 3.05) is 18.5 Å². The molecule has 1 atom stereocenters. The number of hydrogen-bond acceptors (Lipinski definition) is 7. The summed E-state index contributed by atoms with van der Waals surface area (Å²) in [5.74, 6) is 0. The van der Waals surface area contributed by atoms with Gasteiger partial charge in [0, 0.05) is 29.4 Å². The zero-order chi connectivity index (χ0) is 15.9. The molecule has 2 aromatic rings. The van der Waals surface area contributed by atoms with Crippen molar-refractivity contribution < 1.29 is 15.1 Å². The van der Waals surface area contributed by atoms with E-state index < -0.39 is 11.0 Å². The lowest BCUT2D eigenvalue weighted by Crippen LogP contribution is -2.22. The maximum atomic E-state index is 11.0. The minimum absolute atomic E-state index is 0.0402. The molecule has 0 spiro atoms. The van der Waals surface area contributed by atoms with Gasteiger partial charge < -0.3 is 15.5 Å². The average Bonchev–Trinajstić information content (AvgIpc) is 2.53. The summed E-state index contributed by atoms with van der Waals surface area (Å²) < 4.78 is 0. The first-order chi connectivity index (χ1) is 10.6. The molecule has 1 aromatic heterocycles. The Morgan fingerprint density at radius 2 is 2.18 bits per heavy atom. The monoisotopic (exact) mass is 321 g/mol. The first kappa shape index (κ1) is 16.2. The highest BCUT2D eigenvalue weighted by atomic mass is 32.2. The highest BCUT2D eigenvalue weighted by molar-refractivity contribution is 7.99. The number of anilines is 1. The third-order valence-corrected chi connectivity index (χ3v) is 3.75. The molecule has 0 saturated carbocycles. The van der Waals surface area contributed by atoms with E-state index in [1.807, 2.05) is 6.07 Å². The summed E-state index contributed by atoms with van der Waals surface area (Å²) in [6.07, 6.45) is 0.669. The molecular formula is C14H15N3O4S. The van der Waals surface area contributed by atoms with Gasteiger partial charge in [0.05, 0.1) is 17.6 Å². The van der Waals surface area contributed by atoms with Crippen LogP contribution in [0.3, 0.4) is 0 Å². The van der Waals surface area contributed by atoms with Crippen LogP contribution in [0, 0.1) is 10.1 Å². The molecule has 0 bridgehead atoms. The van der Waals surface area contributed by atoms with E-state index in [-0.39, 0.29) is 18.8 Å². The Kier molecular flexibility index (Phi) is 5.70. The zero-order valence-corrected chi connectivity index (χ0v) is 12.4. The average molecular weight is 321 g/mol. The predicted octanol–water partition coefficient (Wildman–Crippen LogP) is 1.91. The van der Waals surface area contributed by atoms with Gasteiger partial charge in [0.15, 0.2) is 5.03 Å². The number of aliphatic hydroxyl groups is 2. The molecule has 0 fully saturated rings. The Balaban J connectivity index is 2.12. The summed E-state index contributed by atoms with van der Waals surface area (Å²) in [5, 5.41) is 32.4. The van der Waals surface area contributed by atoms with Gasteiger partial charge in [0.25, 0.3) is 0 Å². The largest absolute Gasteiger partial charge is 0.394 e. The van der Waals surface area contributed by atoms with E-state index in [2.05, 4.69) is 10.3 Å². The minimum atomic E-state index is -0.840. The van der Waals surface area contributed by atoms with E-state index in [0.29, 0.717) is 5.03 Å². The SMILES string of the molecule is O=[N+]([O-])c1cccnc1Sc1cccc(NCC(O)CO)c1. The van der Waals surface area contributed by atoms with Crippen LogP contribution in [0.5, 0.6) is 0 Å². The third kappa shape index (κ3) is 4.42. The van der Waals surface area contributed by atoms with Gasteiger partial charge in [0.2, 0.25) is 0 Å². The molecule has 0 aliphatic rings. The number of benzene rings is 1. The normalized spacial score (nSPS) is 11.9. The van der Waals surface area contributed by atoms with Crippen LogP contribution in [-0.2, 0) is 0 Å². The fraction of sp³-hybridized carbons (Fsp3) is 0.214. The van der Waals surface area contributed by atoms with Gasteiger partial charge >= 0.3 is 5.69 Å². The maximum Gasteiger partial charge on any atom is 0.301 e. The summed E-state index contributed by atoms with van der Waals surface area (Å²) in [4.78, 5) is 15.3. The molecule has 116 valence electrons. The summed E-state index contributed by atoms with van der Waals surface area (Å²) in [7, 11) is 0. The van der Waals surface area contributed by atoms with E-state index in [0.717, 1.165) is 10.6 Å². The van der Waals surface area contributed by atoms with Crippen LogP contribution in [0.15, 0.2) is 52.5 Å². The van der Waals surface area contributed by atoms with Gasteiger partial charge in [0.1, 0.15) is 0 Å². The smallest absolute Gasteiger partial charge is 0.301 e. The summed E-state index contributed by atoms with van der Waals surface area (Å²) in [5.41, 5.74) is 0.706. The molecule has 0 amide bonds. The van der Waals surface area contributed by atoms with E-state index in [4.69, 9.17) is 5.11 Å². The molecule has 1 heterocycles. The highest BCUT2D eigenvalue weighted by Crippen LogP contribution is 2.33.